The average molecular weight is 544 g/mol. The lowest BCUT2D eigenvalue weighted by Crippen LogP contribution is -2.30. The molecule has 11 heteroatoms. The normalized spacial score (nSPS) is 15.9. The van der Waals surface area contributed by atoms with Crippen molar-refractivity contribution >= 4 is 22.5 Å². The van der Waals surface area contributed by atoms with E-state index in [0.717, 1.165) is 11.6 Å². The lowest BCUT2D eigenvalue weighted by Gasteiger charge is -2.22. The Bertz CT molecular complexity index is 1540. The molecule has 1 N–H and O–H groups in total. The maximum atomic E-state index is 14.7. The second kappa shape index (κ2) is 10.4. The monoisotopic (exact) mass is 543 g/mol. The van der Waals surface area contributed by atoms with Crippen LogP contribution in [0.3, 0.4) is 0 Å². The molecule has 0 radical (unpaired) electrons. The number of aliphatic hydroxyl groups is 1. The van der Waals surface area contributed by atoms with E-state index in [9.17, 15) is 27.5 Å². The number of imidazole rings is 1. The lowest BCUT2D eigenvalue weighted by atomic mass is 10.1. The smallest absolute Gasteiger partial charge is 0.395 e. The number of aryl methyl sites for hydroxylation is 1. The number of benzene rings is 2. The molecule has 2 aromatic heterocycles. The third-order valence-electron chi connectivity index (χ3n) is 7.33. The molecule has 1 saturated heterocycles. The fraction of sp³-hybridized carbons (Fsp3) is 0.357. The van der Waals surface area contributed by atoms with Gasteiger partial charge in [-0.25, -0.2) is 14.2 Å². The largest absolute Gasteiger partial charge is 0.416 e. The molecule has 7 nitrogen and oxygen atoms in total. The predicted molar refractivity (Wildman–Crippen MR) is 142 cm³/mol. The minimum atomic E-state index is -4.59. The van der Waals surface area contributed by atoms with Crippen molar-refractivity contribution in [1.29, 1.82) is 0 Å². The van der Waals surface area contributed by atoms with E-state index in [2.05, 4.69) is 4.98 Å². The van der Waals surface area contributed by atoms with Gasteiger partial charge in [-0.05, 0) is 42.7 Å². The molecule has 0 amide bonds. The summed E-state index contributed by atoms with van der Waals surface area (Å²) in [5.41, 5.74) is 0.861. The quantitative estimate of drug-likeness (QED) is 0.346. The Morgan fingerprint density at radius 3 is 2.62 bits per heavy atom. The number of aromatic nitrogens is 3. The zero-order chi connectivity index (χ0) is 27.9. The van der Waals surface area contributed by atoms with Crippen LogP contribution in [0, 0.1) is 12.7 Å². The van der Waals surface area contributed by atoms with Crippen LogP contribution in [0.4, 0.5) is 29.1 Å². The van der Waals surface area contributed by atoms with E-state index in [0.29, 0.717) is 42.0 Å². The Labute approximate surface area is 222 Å². The number of rotatable bonds is 7. The number of para-hydroxylation sites is 1. The van der Waals surface area contributed by atoms with E-state index < -0.39 is 17.4 Å². The van der Waals surface area contributed by atoms with Crippen molar-refractivity contribution in [2.45, 2.75) is 32.1 Å². The van der Waals surface area contributed by atoms with E-state index >= 15 is 0 Å². The van der Waals surface area contributed by atoms with Gasteiger partial charge >= 0.3 is 11.9 Å². The minimum absolute atomic E-state index is 0.0409. The highest BCUT2D eigenvalue weighted by Crippen LogP contribution is 2.35. The number of aliphatic hydroxyl groups excluding tert-OH is 1. The van der Waals surface area contributed by atoms with E-state index in [4.69, 9.17) is 0 Å². The van der Waals surface area contributed by atoms with Gasteiger partial charge in [-0.15, -0.1) is 0 Å². The molecule has 0 bridgehead atoms. The summed E-state index contributed by atoms with van der Waals surface area (Å²) in [6, 6.07) is 11.4. The Balaban J connectivity index is 1.65. The van der Waals surface area contributed by atoms with Crippen molar-refractivity contribution in [2.24, 2.45) is 0 Å². The topological polar surface area (TPSA) is 66.5 Å². The molecule has 2 aromatic carbocycles. The number of fused-ring (bicyclic) bond motifs is 1. The molecular weight excluding hydrogens is 514 g/mol. The van der Waals surface area contributed by atoms with Crippen molar-refractivity contribution in [1.82, 2.24) is 14.1 Å². The van der Waals surface area contributed by atoms with Gasteiger partial charge in [0.15, 0.2) is 5.82 Å². The van der Waals surface area contributed by atoms with E-state index in [1.165, 1.54) is 28.8 Å². The number of anilines is 2. The predicted octanol–water partition coefficient (Wildman–Crippen LogP) is 4.59. The maximum Gasteiger partial charge on any atom is 0.416 e. The maximum absolute atomic E-state index is 14.7. The SMILES string of the molecule is Cc1cccc(F)c1N1CCC(n2c(=O)n(Cc3ccccc3C(F)(F)F)c3c(N(C)CCO)nccc32)C1. The van der Waals surface area contributed by atoms with E-state index in [1.54, 1.807) is 34.8 Å². The zero-order valence-electron chi connectivity index (χ0n) is 21.6. The van der Waals surface area contributed by atoms with E-state index in [1.807, 2.05) is 17.9 Å². The molecule has 4 aromatic rings. The molecule has 206 valence electrons. The third kappa shape index (κ3) is 4.87. The van der Waals surface area contributed by atoms with E-state index in [-0.39, 0.29) is 37.1 Å². The molecule has 3 heterocycles. The lowest BCUT2D eigenvalue weighted by molar-refractivity contribution is -0.138. The summed E-state index contributed by atoms with van der Waals surface area (Å²) in [6.07, 6.45) is -2.49. The number of alkyl halides is 3. The molecule has 1 aliphatic heterocycles. The van der Waals surface area contributed by atoms with Crippen LogP contribution in [0.1, 0.15) is 29.2 Å². The highest BCUT2D eigenvalue weighted by atomic mass is 19.4. The summed E-state index contributed by atoms with van der Waals surface area (Å²) in [4.78, 5) is 22.0. The van der Waals surface area contributed by atoms with Crippen molar-refractivity contribution in [3.8, 4) is 0 Å². The number of hydrogen-bond acceptors (Lipinski definition) is 5. The van der Waals surface area contributed by atoms with Gasteiger partial charge in [0.05, 0.1) is 36.0 Å². The van der Waals surface area contributed by atoms with Crippen LogP contribution in [-0.4, -0.2) is 52.5 Å². The summed E-state index contributed by atoms with van der Waals surface area (Å²) < 4.78 is 59.1. The van der Waals surface area contributed by atoms with Crippen molar-refractivity contribution in [3.05, 3.63) is 87.7 Å². The van der Waals surface area contributed by atoms with Gasteiger partial charge < -0.3 is 14.9 Å². The van der Waals surface area contributed by atoms with Gasteiger partial charge in [0, 0.05) is 32.9 Å². The Morgan fingerprint density at radius 1 is 1.13 bits per heavy atom. The summed E-state index contributed by atoms with van der Waals surface area (Å²) >= 11 is 0. The number of nitrogens with zero attached hydrogens (tertiary/aromatic N) is 5. The highest BCUT2D eigenvalue weighted by molar-refractivity contribution is 5.87. The number of likely N-dealkylation sites (N-methyl/N-ethyl adjacent to an activating group) is 1. The van der Waals surface area contributed by atoms with Crippen LogP contribution < -0.4 is 15.5 Å². The second-order valence-electron chi connectivity index (χ2n) is 9.83. The average Bonchev–Trinajstić information content (AvgIpc) is 3.46. The van der Waals surface area contributed by atoms with Gasteiger partial charge in [0.1, 0.15) is 11.3 Å². The first-order valence-electron chi connectivity index (χ1n) is 12.7. The molecule has 1 unspecified atom stereocenters. The van der Waals surface area contributed by atoms with Gasteiger partial charge in [-0.2, -0.15) is 13.2 Å². The van der Waals surface area contributed by atoms with Gasteiger partial charge in [-0.1, -0.05) is 30.3 Å². The molecule has 0 saturated carbocycles. The molecule has 1 atom stereocenters. The minimum Gasteiger partial charge on any atom is -0.395 e. The summed E-state index contributed by atoms with van der Waals surface area (Å²) in [5, 5.41) is 9.51. The Hall–Kier alpha value is -3.86. The second-order valence-corrected chi connectivity index (χ2v) is 9.83. The number of hydrogen-bond donors (Lipinski definition) is 1. The first kappa shape index (κ1) is 26.7. The molecule has 0 aliphatic carbocycles. The van der Waals surface area contributed by atoms with Crippen LogP contribution in [0.5, 0.6) is 0 Å². The van der Waals surface area contributed by atoms with Crippen LogP contribution in [0.15, 0.2) is 59.5 Å². The van der Waals surface area contributed by atoms with Crippen LogP contribution >= 0.6 is 0 Å². The standard InChI is InChI=1S/C28H29F4N5O2/c1-18-6-5-9-22(29)24(18)35-13-11-20(17-35)37-23-10-12-33-26(34(2)14-15-38)25(23)36(27(37)39)16-19-7-3-4-8-21(19)28(30,31)32/h3-10,12,20,38H,11,13-17H2,1-2H3. The third-order valence-corrected chi connectivity index (χ3v) is 7.33. The first-order chi connectivity index (χ1) is 18.6. The summed E-state index contributed by atoms with van der Waals surface area (Å²) in [6.45, 7) is 2.45. The highest BCUT2D eigenvalue weighted by Gasteiger charge is 2.35. The first-order valence-corrected chi connectivity index (χ1v) is 12.7. The Kier molecular flexibility index (Phi) is 7.11. The Morgan fingerprint density at radius 2 is 1.90 bits per heavy atom. The fourth-order valence-corrected chi connectivity index (χ4v) is 5.53. The molecule has 0 spiro atoms. The van der Waals surface area contributed by atoms with Crippen LogP contribution in [0.25, 0.3) is 11.0 Å². The number of halogens is 4. The van der Waals surface area contributed by atoms with Crippen molar-refractivity contribution in [2.75, 3.05) is 43.1 Å². The summed E-state index contributed by atoms with van der Waals surface area (Å²) in [7, 11) is 1.70. The molecule has 1 fully saturated rings. The van der Waals surface area contributed by atoms with Gasteiger partial charge in [-0.3, -0.25) is 9.13 Å². The molecule has 5 rings (SSSR count). The number of pyridine rings is 1. The summed E-state index contributed by atoms with van der Waals surface area (Å²) in [5.74, 6) is 0.0352. The van der Waals surface area contributed by atoms with Gasteiger partial charge in [0.2, 0.25) is 0 Å². The van der Waals surface area contributed by atoms with Gasteiger partial charge in [0.25, 0.3) is 0 Å². The molecular formula is C28H29F4N5O2. The van der Waals surface area contributed by atoms with Crippen molar-refractivity contribution < 1.29 is 22.7 Å². The van der Waals surface area contributed by atoms with Crippen LogP contribution in [0.2, 0.25) is 0 Å². The zero-order valence-corrected chi connectivity index (χ0v) is 21.6. The molecule has 39 heavy (non-hydrogen) atoms. The van der Waals surface area contributed by atoms with Crippen molar-refractivity contribution in [3.63, 3.8) is 0 Å². The fourth-order valence-electron chi connectivity index (χ4n) is 5.53. The van der Waals surface area contributed by atoms with Crippen LogP contribution in [-0.2, 0) is 12.7 Å². The molecule has 1 aliphatic rings.